The number of thiazole rings is 1. The van der Waals surface area contributed by atoms with Crippen LogP contribution < -0.4 is 5.32 Å². The van der Waals surface area contributed by atoms with E-state index in [9.17, 15) is 4.79 Å². The number of para-hydroxylation sites is 1. The Morgan fingerprint density at radius 3 is 2.80 bits per heavy atom. The summed E-state index contributed by atoms with van der Waals surface area (Å²) in [4.78, 5) is 16.6. The molecule has 1 amide bonds. The Labute approximate surface area is 155 Å². The zero-order valence-electron chi connectivity index (χ0n) is 12.4. The molecule has 0 spiro atoms. The molecule has 4 aromatic rings. The van der Waals surface area contributed by atoms with Gasteiger partial charge in [-0.05, 0) is 30.3 Å². The van der Waals surface area contributed by atoms with Crippen LogP contribution in [0.3, 0.4) is 0 Å². The molecule has 124 valence electrons. The van der Waals surface area contributed by atoms with Crippen molar-refractivity contribution in [2.45, 2.75) is 0 Å². The highest BCUT2D eigenvalue weighted by atomic mass is 35.5. The van der Waals surface area contributed by atoms with Crippen molar-refractivity contribution in [3.63, 3.8) is 0 Å². The monoisotopic (exact) mass is 390 g/mol. The molecule has 0 aliphatic carbocycles. The molecule has 0 unspecified atom stereocenters. The van der Waals surface area contributed by atoms with Gasteiger partial charge in [0.05, 0.1) is 20.8 Å². The van der Waals surface area contributed by atoms with Crippen LogP contribution >= 0.6 is 34.5 Å². The van der Waals surface area contributed by atoms with Gasteiger partial charge in [-0.25, -0.2) is 4.98 Å². The largest absolute Gasteiger partial charge is 0.403 e. The molecule has 0 bridgehead atoms. The summed E-state index contributed by atoms with van der Waals surface area (Å²) in [6, 6.07) is 12.3. The predicted molar refractivity (Wildman–Crippen MR) is 97.3 cm³/mol. The van der Waals surface area contributed by atoms with Gasteiger partial charge < -0.3 is 4.42 Å². The maximum Gasteiger partial charge on any atom is 0.322 e. The van der Waals surface area contributed by atoms with E-state index in [1.54, 1.807) is 18.2 Å². The van der Waals surface area contributed by atoms with Crippen molar-refractivity contribution in [2.75, 3.05) is 5.32 Å². The summed E-state index contributed by atoms with van der Waals surface area (Å²) in [6.45, 7) is 0. The molecule has 1 N–H and O–H groups in total. The van der Waals surface area contributed by atoms with Gasteiger partial charge in [0.2, 0.25) is 0 Å². The average Bonchev–Trinajstić information content (AvgIpc) is 3.23. The molecule has 0 fully saturated rings. The fourth-order valence-electron chi connectivity index (χ4n) is 2.16. The normalized spacial score (nSPS) is 11.0. The highest BCUT2D eigenvalue weighted by Gasteiger charge is 2.17. The second kappa shape index (κ2) is 6.44. The first kappa shape index (κ1) is 16.0. The SMILES string of the molecule is O=C(Nc1nnc(-c2cc(Cl)ccc2Cl)o1)c1nc2ccccc2s1. The maximum absolute atomic E-state index is 12.3. The van der Waals surface area contributed by atoms with Crippen LogP contribution in [0.1, 0.15) is 9.80 Å². The molecule has 0 saturated heterocycles. The summed E-state index contributed by atoms with van der Waals surface area (Å²) in [5.41, 5.74) is 1.25. The van der Waals surface area contributed by atoms with E-state index in [4.69, 9.17) is 27.6 Å². The smallest absolute Gasteiger partial charge is 0.322 e. The van der Waals surface area contributed by atoms with Crippen LogP contribution in [0.2, 0.25) is 10.0 Å². The topological polar surface area (TPSA) is 80.9 Å². The lowest BCUT2D eigenvalue weighted by Gasteiger charge is -1.99. The van der Waals surface area contributed by atoms with Gasteiger partial charge >= 0.3 is 6.01 Å². The third-order valence-electron chi connectivity index (χ3n) is 3.29. The van der Waals surface area contributed by atoms with E-state index in [0.29, 0.717) is 20.6 Å². The van der Waals surface area contributed by atoms with Crippen LogP contribution in [0.5, 0.6) is 0 Å². The minimum atomic E-state index is -0.423. The fraction of sp³-hybridized carbons (Fsp3) is 0. The number of hydrogen-bond donors (Lipinski definition) is 1. The fourth-order valence-corrected chi connectivity index (χ4v) is 3.40. The molecular weight excluding hydrogens is 383 g/mol. The standard InChI is InChI=1S/C16H8Cl2N4O2S/c17-8-5-6-10(18)9(7-8)14-21-22-16(24-14)20-13(23)15-19-11-3-1-2-4-12(11)25-15/h1-7H,(H,20,22,23). The Hall–Kier alpha value is -2.48. The van der Waals surface area contributed by atoms with Crippen LogP contribution in [-0.2, 0) is 0 Å². The van der Waals surface area contributed by atoms with E-state index in [0.717, 1.165) is 10.2 Å². The van der Waals surface area contributed by atoms with Crippen molar-refractivity contribution < 1.29 is 9.21 Å². The summed E-state index contributed by atoms with van der Waals surface area (Å²) in [7, 11) is 0. The van der Waals surface area contributed by atoms with Gasteiger partial charge in [-0.15, -0.1) is 16.4 Å². The van der Waals surface area contributed by atoms with E-state index < -0.39 is 5.91 Å². The number of nitrogens with zero attached hydrogens (tertiary/aromatic N) is 3. The molecule has 0 saturated carbocycles. The number of hydrogen-bond acceptors (Lipinski definition) is 6. The van der Waals surface area contributed by atoms with Gasteiger partial charge in [0.1, 0.15) is 0 Å². The van der Waals surface area contributed by atoms with Crippen LogP contribution in [0.4, 0.5) is 6.01 Å². The first-order valence-electron chi connectivity index (χ1n) is 7.06. The van der Waals surface area contributed by atoms with Crippen molar-refractivity contribution >= 4 is 56.7 Å². The molecule has 2 heterocycles. The minimum absolute atomic E-state index is 0.0460. The number of halogens is 2. The Bertz CT molecular complexity index is 1060. The van der Waals surface area contributed by atoms with Crippen molar-refractivity contribution in [2.24, 2.45) is 0 Å². The van der Waals surface area contributed by atoms with Crippen molar-refractivity contribution in [3.05, 3.63) is 57.5 Å². The van der Waals surface area contributed by atoms with E-state index in [1.165, 1.54) is 11.3 Å². The van der Waals surface area contributed by atoms with Crippen LogP contribution in [0.15, 0.2) is 46.9 Å². The van der Waals surface area contributed by atoms with Gasteiger partial charge in [0, 0.05) is 5.02 Å². The number of carbonyl (C=O) groups is 1. The number of rotatable bonds is 3. The predicted octanol–water partition coefficient (Wildman–Crippen LogP) is 4.91. The number of nitrogens with one attached hydrogen (secondary N) is 1. The van der Waals surface area contributed by atoms with E-state index in [2.05, 4.69) is 20.5 Å². The third-order valence-corrected chi connectivity index (χ3v) is 4.89. The van der Waals surface area contributed by atoms with Gasteiger partial charge in [-0.1, -0.05) is 40.4 Å². The lowest BCUT2D eigenvalue weighted by atomic mass is 10.2. The third kappa shape index (κ3) is 3.21. The van der Waals surface area contributed by atoms with Crippen LogP contribution in [0.25, 0.3) is 21.7 Å². The molecule has 6 nitrogen and oxygen atoms in total. The Morgan fingerprint density at radius 1 is 1.12 bits per heavy atom. The summed E-state index contributed by atoms with van der Waals surface area (Å²) >= 11 is 13.3. The molecule has 9 heteroatoms. The first-order valence-corrected chi connectivity index (χ1v) is 8.63. The number of anilines is 1. The van der Waals surface area contributed by atoms with Gasteiger partial charge in [-0.3, -0.25) is 10.1 Å². The first-order chi connectivity index (χ1) is 12.1. The molecule has 25 heavy (non-hydrogen) atoms. The quantitative estimate of drug-likeness (QED) is 0.537. The minimum Gasteiger partial charge on any atom is -0.403 e. The summed E-state index contributed by atoms with van der Waals surface area (Å²) < 4.78 is 6.37. The number of benzene rings is 2. The second-order valence-corrected chi connectivity index (χ2v) is 6.85. The van der Waals surface area contributed by atoms with E-state index >= 15 is 0 Å². The van der Waals surface area contributed by atoms with Crippen LogP contribution in [-0.4, -0.2) is 21.1 Å². The van der Waals surface area contributed by atoms with Gasteiger partial charge in [0.15, 0.2) is 5.01 Å². The average molecular weight is 391 g/mol. The second-order valence-electron chi connectivity index (χ2n) is 4.98. The summed E-state index contributed by atoms with van der Waals surface area (Å²) in [5, 5.41) is 11.4. The Morgan fingerprint density at radius 2 is 1.96 bits per heavy atom. The van der Waals surface area contributed by atoms with Crippen molar-refractivity contribution in [3.8, 4) is 11.5 Å². The maximum atomic E-state index is 12.3. The zero-order valence-corrected chi connectivity index (χ0v) is 14.7. The van der Waals surface area contributed by atoms with E-state index in [-0.39, 0.29) is 11.9 Å². The molecule has 0 aliphatic heterocycles. The molecule has 2 aromatic carbocycles. The molecular formula is C16H8Cl2N4O2S. The van der Waals surface area contributed by atoms with Crippen molar-refractivity contribution in [1.82, 2.24) is 15.2 Å². The Kier molecular flexibility index (Phi) is 4.12. The Balaban J connectivity index is 1.58. The van der Waals surface area contributed by atoms with Gasteiger partial charge in [-0.2, -0.15) is 0 Å². The number of carbonyl (C=O) groups excluding carboxylic acids is 1. The molecule has 0 aliphatic rings. The summed E-state index contributed by atoms with van der Waals surface area (Å²) in [6.07, 6.45) is 0. The molecule has 0 radical (unpaired) electrons. The highest BCUT2D eigenvalue weighted by Crippen LogP contribution is 2.30. The van der Waals surface area contributed by atoms with Gasteiger partial charge in [0.25, 0.3) is 11.8 Å². The molecule has 4 rings (SSSR count). The summed E-state index contributed by atoms with van der Waals surface area (Å²) in [5.74, 6) is -0.263. The molecule has 2 aromatic heterocycles. The zero-order chi connectivity index (χ0) is 17.4. The number of fused-ring (bicyclic) bond motifs is 1. The lowest BCUT2D eigenvalue weighted by Crippen LogP contribution is -2.11. The highest BCUT2D eigenvalue weighted by molar-refractivity contribution is 7.20. The number of aromatic nitrogens is 3. The van der Waals surface area contributed by atoms with Crippen molar-refractivity contribution in [1.29, 1.82) is 0 Å². The number of amides is 1. The molecule has 0 atom stereocenters. The lowest BCUT2D eigenvalue weighted by molar-refractivity contribution is 0.102. The van der Waals surface area contributed by atoms with E-state index in [1.807, 2.05) is 24.3 Å². The van der Waals surface area contributed by atoms with Crippen LogP contribution in [0, 0.1) is 0 Å².